The minimum atomic E-state index is -1.60. The molecule has 0 bridgehead atoms. The fourth-order valence-electron chi connectivity index (χ4n) is 4.98. The van der Waals surface area contributed by atoms with Crippen LogP contribution in [-0.2, 0) is 36.9 Å². The fraction of sp³-hybridized carbons (Fsp3) is 0.516. The Kier molecular flexibility index (Phi) is 9.12. The Morgan fingerprint density at radius 3 is 2.26 bits per heavy atom. The lowest BCUT2D eigenvalue weighted by Crippen LogP contribution is -2.46. The van der Waals surface area contributed by atoms with Crippen molar-refractivity contribution in [2.45, 2.75) is 85.9 Å². The van der Waals surface area contributed by atoms with Crippen LogP contribution < -0.4 is 17.1 Å². The van der Waals surface area contributed by atoms with E-state index in [0.717, 1.165) is 0 Å². The van der Waals surface area contributed by atoms with Crippen LogP contribution in [0.1, 0.15) is 69.2 Å². The molecule has 0 amide bonds. The highest BCUT2D eigenvalue weighted by Gasteiger charge is 2.52. The highest BCUT2D eigenvalue weighted by atomic mass is 16.6. The highest BCUT2D eigenvalue weighted by molar-refractivity contribution is 5.73. The van der Waals surface area contributed by atoms with E-state index in [9.17, 15) is 19.2 Å². The van der Waals surface area contributed by atoms with Gasteiger partial charge in [0.25, 0.3) is 0 Å². The predicted octanol–water partition coefficient (Wildman–Crippen LogP) is 2.46. The smallest absolute Gasteiger partial charge is 0.461 e. The van der Waals surface area contributed by atoms with Crippen molar-refractivity contribution in [3.8, 4) is 12.3 Å². The lowest BCUT2D eigenvalue weighted by Gasteiger charge is -2.29. The van der Waals surface area contributed by atoms with Crippen LogP contribution >= 0.6 is 0 Å². The summed E-state index contributed by atoms with van der Waals surface area (Å²) in [5.74, 6) is 0.421. The van der Waals surface area contributed by atoms with E-state index in [1.54, 1.807) is 57.6 Å². The highest BCUT2D eigenvalue weighted by Crippen LogP contribution is 2.40. The monoisotopic (exact) mass is 653 g/mol. The number of hydrogen-bond donors (Lipinski definition) is 0. The van der Waals surface area contributed by atoms with Gasteiger partial charge in [0.2, 0.25) is 5.60 Å². The Bertz CT molecular complexity index is 2050. The zero-order chi connectivity index (χ0) is 34.2. The summed E-state index contributed by atoms with van der Waals surface area (Å²) < 4.78 is 41.3. The average molecular weight is 654 g/mol. The van der Waals surface area contributed by atoms with Crippen molar-refractivity contribution in [2.24, 2.45) is 16.8 Å². The lowest BCUT2D eigenvalue weighted by atomic mass is 9.98. The molecule has 0 aliphatic carbocycles. The first-order chi connectivity index (χ1) is 22.2. The van der Waals surface area contributed by atoms with E-state index < -0.39 is 53.4 Å². The molecule has 0 unspecified atom stereocenters. The van der Waals surface area contributed by atoms with Gasteiger partial charge in [0.1, 0.15) is 42.8 Å². The van der Waals surface area contributed by atoms with E-state index in [1.807, 2.05) is 0 Å². The van der Waals surface area contributed by atoms with Gasteiger partial charge >= 0.3 is 23.6 Å². The molecule has 1 aliphatic rings. The molecule has 47 heavy (non-hydrogen) atoms. The van der Waals surface area contributed by atoms with E-state index in [-0.39, 0.29) is 49.2 Å². The number of carbonyl (C=O) groups excluding carboxylic acids is 2. The number of esters is 2. The van der Waals surface area contributed by atoms with Gasteiger partial charge in [-0.3, -0.25) is 19.1 Å². The molecule has 5 rings (SSSR count). The Morgan fingerprint density at radius 1 is 1.04 bits per heavy atom. The molecule has 4 aromatic heterocycles. The first kappa shape index (κ1) is 33.2. The summed E-state index contributed by atoms with van der Waals surface area (Å²) in [4.78, 5) is 62.6. The summed E-state index contributed by atoms with van der Waals surface area (Å²) in [6.07, 6.45) is 5.72. The molecule has 0 aromatic carbocycles. The quantitative estimate of drug-likeness (QED) is 0.179. The summed E-state index contributed by atoms with van der Waals surface area (Å²) >= 11 is 0. The fourth-order valence-corrected chi connectivity index (χ4v) is 4.98. The van der Waals surface area contributed by atoms with E-state index in [4.69, 9.17) is 48.3 Å². The summed E-state index contributed by atoms with van der Waals surface area (Å²) in [5.41, 5.74) is -0.655. The predicted molar refractivity (Wildman–Crippen MR) is 159 cm³/mol. The number of aryl methyl sites for hydroxylation is 3. The second-order valence-electron chi connectivity index (χ2n) is 11.8. The zero-order valence-electron chi connectivity index (χ0n) is 27.0. The van der Waals surface area contributed by atoms with E-state index >= 15 is 0 Å². The van der Waals surface area contributed by atoms with Gasteiger partial charge in [-0.2, -0.15) is 0 Å². The number of ether oxygens (including phenoxy) is 3. The molecular formula is C31H35N5O11. The van der Waals surface area contributed by atoms with Crippen LogP contribution in [0.4, 0.5) is 0 Å². The second kappa shape index (κ2) is 12.9. The van der Waals surface area contributed by atoms with Gasteiger partial charge in [-0.1, -0.05) is 33.6 Å². The van der Waals surface area contributed by atoms with Crippen molar-refractivity contribution in [3.05, 3.63) is 61.9 Å². The van der Waals surface area contributed by atoms with Crippen LogP contribution in [0.3, 0.4) is 0 Å². The maximum atomic E-state index is 12.7. The molecule has 16 heteroatoms. The molecule has 5 heterocycles. The zero-order valence-corrected chi connectivity index (χ0v) is 27.0. The molecule has 1 fully saturated rings. The van der Waals surface area contributed by atoms with Crippen LogP contribution in [0.5, 0.6) is 0 Å². The standard InChI is InChI=1S/C31H35N5O11/c1-9-31(13-41-27(37)15(2)3)22(46-28(38)16(4)5)10-23(47-31)36-14-33-24-25(32-11-20-17(6)42-29(39)44-20)35(19(8)34-26(24)36)12-21-18(7)43-30(40)45-21/h1,14-16,22-23H,10-13H2,2-8H3/b32-25-/t22-,23+,31+/m0/s1. The number of nitrogens with zero attached hydrogens (tertiary/aromatic N) is 5. The van der Waals surface area contributed by atoms with Crippen molar-refractivity contribution in [2.75, 3.05) is 6.61 Å². The SMILES string of the molecule is C#C[C@]1(COC(=O)C(C)C)O[C@@H](n2cnc3/c(=N/Cc4oc(=O)oc4C)n(Cc4oc(=O)oc4C)c(C)nc32)C[C@@H]1OC(=O)C(C)C. The molecule has 16 nitrogen and oxygen atoms in total. The van der Waals surface area contributed by atoms with Crippen LogP contribution in [0.15, 0.2) is 38.6 Å². The van der Waals surface area contributed by atoms with Gasteiger partial charge in [-0.05, 0) is 20.8 Å². The third kappa shape index (κ3) is 6.57. The molecule has 0 N–H and O–H groups in total. The number of terminal acetylenes is 1. The van der Waals surface area contributed by atoms with Crippen molar-refractivity contribution < 1.29 is 41.5 Å². The summed E-state index contributed by atoms with van der Waals surface area (Å²) in [6, 6.07) is 0. The third-order valence-electron chi connectivity index (χ3n) is 7.71. The molecular weight excluding hydrogens is 618 g/mol. The van der Waals surface area contributed by atoms with Gasteiger partial charge in [0.15, 0.2) is 28.2 Å². The molecule has 0 radical (unpaired) electrons. The number of imidazole rings is 1. The maximum Gasteiger partial charge on any atom is 0.519 e. The normalized spacial score (nSPS) is 20.0. The molecule has 0 saturated carbocycles. The number of hydrogen-bond acceptors (Lipinski definition) is 14. The Hall–Kier alpha value is -5.17. The second-order valence-corrected chi connectivity index (χ2v) is 11.8. The largest absolute Gasteiger partial charge is 0.519 e. The van der Waals surface area contributed by atoms with Crippen molar-refractivity contribution in [1.29, 1.82) is 0 Å². The van der Waals surface area contributed by atoms with Crippen molar-refractivity contribution >= 4 is 23.1 Å². The molecule has 250 valence electrons. The third-order valence-corrected chi connectivity index (χ3v) is 7.71. The number of carbonyl (C=O) groups is 2. The maximum absolute atomic E-state index is 12.7. The van der Waals surface area contributed by atoms with E-state index in [2.05, 4.69) is 10.9 Å². The Labute approximate surface area is 267 Å². The van der Waals surface area contributed by atoms with Crippen LogP contribution in [-0.4, -0.2) is 49.4 Å². The molecule has 4 aromatic rings. The van der Waals surface area contributed by atoms with Gasteiger partial charge < -0.3 is 36.4 Å². The van der Waals surface area contributed by atoms with E-state index in [1.165, 1.54) is 6.33 Å². The average Bonchev–Trinajstić information content (AvgIpc) is 3.75. The van der Waals surface area contributed by atoms with Crippen LogP contribution in [0.25, 0.3) is 11.2 Å². The Morgan fingerprint density at radius 2 is 1.68 bits per heavy atom. The van der Waals surface area contributed by atoms with Gasteiger partial charge in [0, 0.05) is 6.42 Å². The molecule has 1 saturated heterocycles. The summed E-state index contributed by atoms with van der Waals surface area (Å²) in [6.45, 7) is 11.2. The number of rotatable bonds is 10. The van der Waals surface area contributed by atoms with Gasteiger partial charge in [-0.15, -0.1) is 6.42 Å². The van der Waals surface area contributed by atoms with Crippen LogP contribution in [0.2, 0.25) is 0 Å². The Balaban J connectivity index is 1.61. The van der Waals surface area contributed by atoms with Gasteiger partial charge in [-0.25, -0.2) is 19.6 Å². The van der Waals surface area contributed by atoms with Crippen molar-refractivity contribution in [3.63, 3.8) is 0 Å². The summed E-state index contributed by atoms with van der Waals surface area (Å²) in [5, 5.41) is 0. The van der Waals surface area contributed by atoms with Gasteiger partial charge in [0.05, 0.1) is 24.7 Å². The first-order valence-electron chi connectivity index (χ1n) is 14.9. The van der Waals surface area contributed by atoms with Crippen molar-refractivity contribution in [1.82, 2.24) is 19.1 Å². The van der Waals surface area contributed by atoms with Crippen LogP contribution in [0, 0.1) is 45.0 Å². The number of aromatic nitrogens is 4. The molecule has 0 spiro atoms. The molecule has 3 atom stereocenters. The first-order valence-corrected chi connectivity index (χ1v) is 14.9. The topological polar surface area (TPSA) is 197 Å². The lowest BCUT2D eigenvalue weighted by molar-refractivity contribution is -0.170. The molecule has 1 aliphatic heterocycles. The minimum absolute atomic E-state index is 0.0148. The number of fused-ring (bicyclic) bond motifs is 1. The minimum Gasteiger partial charge on any atom is -0.461 e. The van der Waals surface area contributed by atoms with E-state index in [0.29, 0.717) is 22.5 Å². The summed E-state index contributed by atoms with van der Waals surface area (Å²) in [7, 11) is 0.